The molecule has 5 heteroatoms. The average molecular weight is 200 g/mol. The standard InChI is InChI=1S/C9H12O5/c1-6(9(12)13-3)4-8(11)14-5-7(2)10/h1,4-5H2,2-3H3. The van der Waals surface area contributed by atoms with Gasteiger partial charge >= 0.3 is 11.9 Å². The number of carbonyl (C=O) groups is 3. The van der Waals surface area contributed by atoms with Crippen molar-refractivity contribution in [1.29, 1.82) is 0 Å². The maximum atomic E-state index is 10.9. The summed E-state index contributed by atoms with van der Waals surface area (Å²) in [4.78, 5) is 32.2. The Balaban J connectivity index is 3.89. The highest BCUT2D eigenvalue weighted by Crippen LogP contribution is 2.01. The van der Waals surface area contributed by atoms with Crippen LogP contribution in [0.2, 0.25) is 0 Å². The molecule has 0 aromatic heterocycles. The van der Waals surface area contributed by atoms with E-state index in [1.165, 1.54) is 14.0 Å². The molecule has 0 N–H and O–H groups in total. The van der Waals surface area contributed by atoms with Gasteiger partial charge in [0.2, 0.25) is 0 Å². The van der Waals surface area contributed by atoms with Gasteiger partial charge in [0.05, 0.1) is 13.5 Å². The Morgan fingerprint density at radius 1 is 1.29 bits per heavy atom. The molecule has 78 valence electrons. The molecule has 0 saturated carbocycles. The first-order valence-corrected chi connectivity index (χ1v) is 3.88. The monoisotopic (exact) mass is 200 g/mol. The molecule has 14 heavy (non-hydrogen) atoms. The first-order chi connectivity index (χ1) is 6.47. The molecule has 0 aliphatic rings. The van der Waals surface area contributed by atoms with E-state index in [0.717, 1.165) is 0 Å². The summed E-state index contributed by atoms with van der Waals surface area (Å²) in [5.74, 6) is -1.59. The molecule has 0 aliphatic carbocycles. The molecule has 0 amide bonds. The van der Waals surface area contributed by atoms with Gasteiger partial charge in [-0.05, 0) is 6.92 Å². The molecule has 0 bridgehead atoms. The van der Waals surface area contributed by atoms with Crippen LogP contribution in [0.1, 0.15) is 13.3 Å². The normalized spacial score (nSPS) is 9.00. The Bertz CT molecular complexity index is 266. The van der Waals surface area contributed by atoms with Gasteiger partial charge in [0, 0.05) is 5.57 Å². The van der Waals surface area contributed by atoms with Crippen LogP contribution in [0.25, 0.3) is 0 Å². The van der Waals surface area contributed by atoms with Gasteiger partial charge < -0.3 is 9.47 Å². The van der Waals surface area contributed by atoms with Crippen LogP contribution < -0.4 is 0 Å². The summed E-state index contributed by atoms with van der Waals surface area (Å²) in [6.07, 6.45) is -0.264. The molecule has 0 heterocycles. The van der Waals surface area contributed by atoms with E-state index in [9.17, 15) is 14.4 Å². The second kappa shape index (κ2) is 5.90. The summed E-state index contributed by atoms with van der Waals surface area (Å²) in [6.45, 7) is 4.34. The van der Waals surface area contributed by atoms with Crippen LogP contribution in [-0.4, -0.2) is 31.4 Å². The number of rotatable bonds is 5. The Morgan fingerprint density at radius 3 is 2.29 bits per heavy atom. The van der Waals surface area contributed by atoms with Crippen LogP contribution in [0, 0.1) is 0 Å². The topological polar surface area (TPSA) is 69.7 Å². The second-order valence-corrected chi connectivity index (χ2v) is 2.63. The number of esters is 2. The largest absolute Gasteiger partial charge is 0.466 e. The van der Waals surface area contributed by atoms with E-state index in [2.05, 4.69) is 16.1 Å². The third kappa shape index (κ3) is 5.08. The van der Waals surface area contributed by atoms with E-state index >= 15 is 0 Å². The Morgan fingerprint density at radius 2 is 1.86 bits per heavy atom. The van der Waals surface area contributed by atoms with Crippen LogP contribution in [0.15, 0.2) is 12.2 Å². The first-order valence-electron chi connectivity index (χ1n) is 3.88. The van der Waals surface area contributed by atoms with Crippen molar-refractivity contribution in [3.05, 3.63) is 12.2 Å². The number of carbonyl (C=O) groups excluding carboxylic acids is 3. The second-order valence-electron chi connectivity index (χ2n) is 2.63. The van der Waals surface area contributed by atoms with E-state index in [0.29, 0.717) is 0 Å². The zero-order valence-electron chi connectivity index (χ0n) is 8.16. The minimum atomic E-state index is -0.671. The molecule has 0 aromatic carbocycles. The lowest BCUT2D eigenvalue weighted by atomic mass is 10.2. The molecule has 0 unspecified atom stereocenters. The SMILES string of the molecule is C=C(CC(=O)OCC(C)=O)C(=O)OC. The predicted octanol–water partition coefficient (Wildman–Crippen LogP) is 0.238. The van der Waals surface area contributed by atoms with E-state index in [-0.39, 0.29) is 24.4 Å². The molecular weight excluding hydrogens is 188 g/mol. The van der Waals surface area contributed by atoms with E-state index in [4.69, 9.17) is 0 Å². The Kier molecular flexibility index (Phi) is 5.21. The van der Waals surface area contributed by atoms with Crippen molar-refractivity contribution in [2.45, 2.75) is 13.3 Å². The number of ketones is 1. The molecule has 0 saturated heterocycles. The number of Topliss-reactive ketones (excluding diaryl/α,β-unsaturated/α-hetero) is 1. The zero-order valence-corrected chi connectivity index (χ0v) is 8.16. The summed E-state index contributed by atoms with van der Waals surface area (Å²) >= 11 is 0. The molecule has 0 rings (SSSR count). The van der Waals surface area contributed by atoms with Crippen LogP contribution in [0.4, 0.5) is 0 Å². The summed E-state index contributed by atoms with van der Waals surface area (Å²) < 4.78 is 8.84. The maximum Gasteiger partial charge on any atom is 0.333 e. The lowest BCUT2D eigenvalue weighted by Crippen LogP contribution is -2.14. The van der Waals surface area contributed by atoms with Gasteiger partial charge in [-0.25, -0.2) is 4.79 Å². The van der Waals surface area contributed by atoms with Crippen LogP contribution in [0.5, 0.6) is 0 Å². The highest BCUT2D eigenvalue weighted by atomic mass is 16.5. The van der Waals surface area contributed by atoms with Crippen LogP contribution in [0.3, 0.4) is 0 Å². The minimum Gasteiger partial charge on any atom is -0.466 e. The fraction of sp³-hybridized carbons (Fsp3) is 0.444. The van der Waals surface area contributed by atoms with Crippen molar-refractivity contribution in [2.75, 3.05) is 13.7 Å². The molecular formula is C9H12O5. The van der Waals surface area contributed by atoms with Gasteiger partial charge in [0.1, 0.15) is 6.61 Å². The number of hydrogen-bond acceptors (Lipinski definition) is 5. The number of ether oxygens (including phenoxy) is 2. The van der Waals surface area contributed by atoms with Crippen molar-refractivity contribution >= 4 is 17.7 Å². The number of methoxy groups -OCH3 is 1. The van der Waals surface area contributed by atoms with Gasteiger partial charge in [-0.1, -0.05) is 6.58 Å². The quantitative estimate of drug-likeness (QED) is 0.469. The van der Waals surface area contributed by atoms with Crippen molar-refractivity contribution in [1.82, 2.24) is 0 Å². The summed E-state index contributed by atoms with van der Waals surface area (Å²) in [7, 11) is 1.19. The van der Waals surface area contributed by atoms with Gasteiger partial charge in [-0.3, -0.25) is 9.59 Å². The molecule has 0 aromatic rings. The van der Waals surface area contributed by atoms with Gasteiger partial charge in [0.15, 0.2) is 5.78 Å². The maximum absolute atomic E-state index is 10.9. The average Bonchev–Trinajstić information content (AvgIpc) is 2.13. The molecule has 0 atom stereocenters. The van der Waals surface area contributed by atoms with Crippen LogP contribution in [-0.2, 0) is 23.9 Å². The van der Waals surface area contributed by atoms with E-state index < -0.39 is 11.9 Å². The number of hydrogen-bond donors (Lipinski definition) is 0. The highest BCUT2D eigenvalue weighted by molar-refractivity contribution is 5.93. The highest BCUT2D eigenvalue weighted by Gasteiger charge is 2.13. The molecule has 0 radical (unpaired) electrons. The summed E-state index contributed by atoms with van der Waals surface area (Å²) in [5, 5.41) is 0. The Hall–Kier alpha value is -1.65. The van der Waals surface area contributed by atoms with Crippen molar-refractivity contribution in [3.63, 3.8) is 0 Å². The molecule has 0 spiro atoms. The molecule has 0 fully saturated rings. The third-order valence-corrected chi connectivity index (χ3v) is 1.27. The fourth-order valence-electron chi connectivity index (χ4n) is 0.624. The fourth-order valence-corrected chi connectivity index (χ4v) is 0.624. The zero-order chi connectivity index (χ0) is 11.1. The van der Waals surface area contributed by atoms with Crippen molar-refractivity contribution in [2.24, 2.45) is 0 Å². The van der Waals surface area contributed by atoms with Gasteiger partial charge in [-0.2, -0.15) is 0 Å². The summed E-state index contributed by atoms with van der Waals surface area (Å²) in [6, 6.07) is 0. The lowest BCUT2D eigenvalue weighted by molar-refractivity contribution is -0.148. The van der Waals surface area contributed by atoms with Crippen molar-refractivity contribution in [3.8, 4) is 0 Å². The van der Waals surface area contributed by atoms with Gasteiger partial charge in [0.25, 0.3) is 0 Å². The minimum absolute atomic E-state index is 0.000974. The summed E-state index contributed by atoms with van der Waals surface area (Å²) in [5.41, 5.74) is 0.000974. The predicted molar refractivity (Wildman–Crippen MR) is 47.4 cm³/mol. The molecule has 5 nitrogen and oxygen atoms in total. The molecule has 0 aliphatic heterocycles. The third-order valence-electron chi connectivity index (χ3n) is 1.27. The van der Waals surface area contributed by atoms with E-state index in [1.807, 2.05) is 0 Å². The van der Waals surface area contributed by atoms with Crippen LogP contribution >= 0.6 is 0 Å². The first kappa shape index (κ1) is 12.3. The van der Waals surface area contributed by atoms with Gasteiger partial charge in [-0.15, -0.1) is 0 Å². The Labute approximate surface area is 81.7 Å². The van der Waals surface area contributed by atoms with E-state index in [1.54, 1.807) is 0 Å². The van der Waals surface area contributed by atoms with Crippen molar-refractivity contribution < 1.29 is 23.9 Å². The lowest BCUT2D eigenvalue weighted by Gasteiger charge is -2.03. The smallest absolute Gasteiger partial charge is 0.333 e.